The molecule has 3 aromatic carbocycles. The molecule has 0 radical (unpaired) electrons. The lowest BCUT2D eigenvalue weighted by Gasteiger charge is -2.35. The number of aromatic hydroxyl groups is 2. The number of fused-ring (bicyclic) bond motifs is 5. The summed E-state index contributed by atoms with van der Waals surface area (Å²) in [4.78, 5) is 13.5. The van der Waals surface area contributed by atoms with E-state index in [-0.39, 0.29) is 62.4 Å². The fraction of sp³-hybridized carbons (Fsp3) is 0.438. The molecule has 0 spiro atoms. The number of phenolic OH excluding ortho intramolecular Hbond substituents is 2. The summed E-state index contributed by atoms with van der Waals surface area (Å²) in [6.45, 7) is 3.46. The van der Waals surface area contributed by atoms with Gasteiger partial charge in [-0.1, -0.05) is 12.1 Å². The molecule has 4 aliphatic heterocycles. The average Bonchev–Trinajstić information content (AvgIpc) is 3.68. The van der Waals surface area contributed by atoms with Crippen molar-refractivity contribution in [1.29, 1.82) is 0 Å². The third kappa shape index (κ3) is 4.19. The monoisotopic (exact) mass is 591 g/mol. The number of aromatic nitrogens is 2. The number of ether oxygens (including phenoxy) is 1. The molecule has 224 valence electrons. The van der Waals surface area contributed by atoms with Gasteiger partial charge in [-0.2, -0.15) is 9.97 Å². The molecule has 4 aliphatic rings. The zero-order valence-corrected chi connectivity index (χ0v) is 23.5. The van der Waals surface area contributed by atoms with Crippen molar-refractivity contribution < 1.29 is 28.1 Å². The summed E-state index contributed by atoms with van der Waals surface area (Å²) in [5.74, 6) is -4.00. The molecule has 2 bridgehead atoms. The van der Waals surface area contributed by atoms with Crippen molar-refractivity contribution in [3.8, 4) is 28.6 Å². The maximum Gasteiger partial charge on any atom is 0.319 e. The maximum atomic E-state index is 16.7. The maximum absolute atomic E-state index is 16.7. The summed E-state index contributed by atoms with van der Waals surface area (Å²) in [6, 6.07) is 6.91. The molecule has 11 heteroatoms. The minimum absolute atomic E-state index is 0.0516. The van der Waals surface area contributed by atoms with Crippen LogP contribution >= 0.6 is 0 Å². The van der Waals surface area contributed by atoms with Gasteiger partial charge in [-0.25, -0.2) is 13.2 Å². The predicted octanol–water partition coefficient (Wildman–Crippen LogP) is 5.23. The summed E-state index contributed by atoms with van der Waals surface area (Å²) in [7, 11) is 0. The van der Waals surface area contributed by atoms with Gasteiger partial charge in [-0.05, 0) is 75.2 Å². The second kappa shape index (κ2) is 9.85. The summed E-state index contributed by atoms with van der Waals surface area (Å²) in [5, 5.41) is 25.3. The van der Waals surface area contributed by atoms with Crippen LogP contribution in [-0.4, -0.2) is 75.5 Å². The van der Waals surface area contributed by atoms with Crippen LogP contribution in [0.3, 0.4) is 0 Å². The Morgan fingerprint density at radius 2 is 1.70 bits per heavy atom. The van der Waals surface area contributed by atoms with Gasteiger partial charge < -0.3 is 25.2 Å². The number of halogens is 3. The highest BCUT2D eigenvalue weighted by Gasteiger charge is 2.45. The van der Waals surface area contributed by atoms with Crippen LogP contribution in [0.25, 0.3) is 32.8 Å². The van der Waals surface area contributed by atoms with Crippen LogP contribution in [-0.2, 0) is 0 Å². The highest BCUT2D eigenvalue weighted by atomic mass is 19.1. The minimum atomic E-state index is -1.27. The fourth-order valence-corrected chi connectivity index (χ4v) is 7.97. The lowest BCUT2D eigenvalue weighted by atomic mass is 9.94. The van der Waals surface area contributed by atoms with Crippen molar-refractivity contribution in [2.24, 2.45) is 0 Å². The van der Waals surface area contributed by atoms with Crippen LogP contribution in [0.1, 0.15) is 38.5 Å². The topological polar surface area (TPSA) is 94.0 Å². The van der Waals surface area contributed by atoms with Gasteiger partial charge in [0.15, 0.2) is 17.4 Å². The molecule has 0 saturated carbocycles. The van der Waals surface area contributed by atoms with Crippen molar-refractivity contribution >= 4 is 27.5 Å². The van der Waals surface area contributed by atoms with E-state index < -0.39 is 28.8 Å². The fourth-order valence-electron chi connectivity index (χ4n) is 7.97. The van der Waals surface area contributed by atoms with E-state index in [9.17, 15) is 10.2 Å². The van der Waals surface area contributed by atoms with Crippen molar-refractivity contribution in [3.05, 3.63) is 47.8 Å². The first-order chi connectivity index (χ1) is 20.8. The van der Waals surface area contributed by atoms with Gasteiger partial charge in [0, 0.05) is 36.1 Å². The molecule has 0 aliphatic carbocycles. The summed E-state index contributed by atoms with van der Waals surface area (Å²) < 4.78 is 54.2. The Kier molecular flexibility index (Phi) is 6.13. The van der Waals surface area contributed by atoms with Gasteiger partial charge in [0.2, 0.25) is 0 Å². The molecule has 1 aromatic heterocycles. The largest absolute Gasteiger partial charge is 0.508 e. The van der Waals surface area contributed by atoms with Crippen LogP contribution < -0.4 is 15.0 Å². The standard InChI is InChI=1S/C32H32F3N5O3/c33-22-5-1-4-17-12-20(41)13-21(23(17)22)24-26(34)28-25(29(42)27(24)35)30(39-14-18-6-7-19(15-39)36-18)38-31(37-28)43-16-32-8-2-10-40(32)11-3-9-32/h1,4-5,12-13,18-19,36,41-42H,2-3,6-11,14-16H2. The van der Waals surface area contributed by atoms with E-state index in [1.807, 2.05) is 4.90 Å². The Labute approximate surface area is 246 Å². The van der Waals surface area contributed by atoms with Crippen LogP contribution in [0.15, 0.2) is 30.3 Å². The lowest BCUT2D eigenvalue weighted by Crippen LogP contribution is -2.51. The number of rotatable bonds is 5. The zero-order chi connectivity index (χ0) is 29.5. The minimum Gasteiger partial charge on any atom is -0.508 e. The van der Waals surface area contributed by atoms with Crippen LogP contribution in [0.2, 0.25) is 0 Å². The molecule has 2 atom stereocenters. The van der Waals surface area contributed by atoms with E-state index >= 15 is 13.2 Å². The third-order valence-corrected chi connectivity index (χ3v) is 9.94. The van der Waals surface area contributed by atoms with Crippen LogP contribution in [0.5, 0.6) is 17.5 Å². The first kappa shape index (κ1) is 26.8. The van der Waals surface area contributed by atoms with E-state index in [1.54, 1.807) is 0 Å². The highest BCUT2D eigenvalue weighted by Crippen LogP contribution is 2.46. The Balaban J connectivity index is 1.32. The Morgan fingerprint density at radius 1 is 0.953 bits per heavy atom. The second-order valence-corrected chi connectivity index (χ2v) is 12.5. The zero-order valence-electron chi connectivity index (χ0n) is 23.5. The molecule has 5 heterocycles. The van der Waals surface area contributed by atoms with E-state index in [2.05, 4.69) is 20.2 Å². The SMILES string of the molecule is Oc1cc(-c2c(F)c(O)c3c(N4CC5CCC(C4)N5)nc(OCC45CCCN4CCC5)nc3c2F)c2c(F)cccc2c1. The number of benzene rings is 3. The van der Waals surface area contributed by atoms with Crippen LogP contribution in [0, 0.1) is 17.5 Å². The van der Waals surface area contributed by atoms with E-state index in [4.69, 9.17) is 4.74 Å². The number of anilines is 1. The van der Waals surface area contributed by atoms with Gasteiger partial charge in [-0.15, -0.1) is 0 Å². The predicted molar refractivity (Wildman–Crippen MR) is 156 cm³/mol. The molecule has 8 nitrogen and oxygen atoms in total. The molecular weight excluding hydrogens is 559 g/mol. The van der Waals surface area contributed by atoms with Crippen molar-refractivity contribution in [3.63, 3.8) is 0 Å². The molecule has 3 N–H and O–H groups in total. The number of hydrogen-bond acceptors (Lipinski definition) is 8. The normalized spacial score (nSPS) is 23.0. The number of hydrogen-bond donors (Lipinski definition) is 3. The number of piperazine rings is 1. The Morgan fingerprint density at radius 3 is 2.44 bits per heavy atom. The number of nitrogens with zero attached hydrogens (tertiary/aromatic N) is 4. The van der Waals surface area contributed by atoms with E-state index in [1.165, 1.54) is 24.3 Å². The van der Waals surface area contributed by atoms with Crippen molar-refractivity contribution in [2.45, 2.75) is 56.1 Å². The van der Waals surface area contributed by atoms with Gasteiger partial charge >= 0.3 is 6.01 Å². The summed E-state index contributed by atoms with van der Waals surface area (Å²) >= 11 is 0. The number of nitrogens with one attached hydrogen (secondary N) is 1. The molecule has 4 aromatic rings. The quantitative estimate of drug-likeness (QED) is 0.291. The molecule has 4 saturated heterocycles. The number of phenols is 2. The van der Waals surface area contributed by atoms with Crippen molar-refractivity contribution in [2.75, 3.05) is 37.7 Å². The Hall–Kier alpha value is -3.83. The van der Waals surface area contributed by atoms with Gasteiger partial charge in [0.1, 0.15) is 29.5 Å². The van der Waals surface area contributed by atoms with Gasteiger partial charge in [0.05, 0.1) is 16.5 Å². The second-order valence-electron chi connectivity index (χ2n) is 12.5. The van der Waals surface area contributed by atoms with Crippen molar-refractivity contribution in [1.82, 2.24) is 20.2 Å². The third-order valence-electron chi connectivity index (χ3n) is 9.94. The highest BCUT2D eigenvalue weighted by molar-refractivity contribution is 6.04. The summed E-state index contributed by atoms with van der Waals surface area (Å²) in [6.07, 6.45) is 6.10. The van der Waals surface area contributed by atoms with E-state index in [0.717, 1.165) is 57.7 Å². The molecule has 2 unspecified atom stereocenters. The van der Waals surface area contributed by atoms with Gasteiger partial charge in [0.25, 0.3) is 0 Å². The lowest BCUT2D eigenvalue weighted by molar-refractivity contribution is 0.108. The summed E-state index contributed by atoms with van der Waals surface area (Å²) in [5.41, 5.74) is -1.34. The molecule has 4 fully saturated rings. The molecule has 43 heavy (non-hydrogen) atoms. The van der Waals surface area contributed by atoms with Crippen LogP contribution in [0.4, 0.5) is 19.0 Å². The first-order valence-electron chi connectivity index (χ1n) is 15.0. The molecule has 8 rings (SSSR count). The smallest absolute Gasteiger partial charge is 0.319 e. The Bertz CT molecular complexity index is 1760. The van der Waals surface area contributed by atoms with Gasteiger partial charge in [-0.3, -0.25) is 4.90 Å². The van der Waals surface area contributed by atoms with E-state index in [0.29, 0.717) is 19.7 Å². The first-order valence-corrected chi connectivity index (χ1v) is 15.0. The average molecular weight is 592 g/mol. The molecular formula is C32H32F3N5O3. The molecule has 0 amide bonds.